The second kappa shape index (κ2) is 7.43. The quantitative estimate of drug-likeness (QED) is 0.639. The van der Waals surface area contributed by atoms with Crippen LogP contribution in [0.3, 0.4) is 0 Å². The Bertz CT molecular complexity index is 127. The second-order valence-electron chi connectivity index (χ2n) is 2.55. The first-order chi connectivity index (χ1) is 5.70. The molecule has 0 heterocycles. The SMILES string of the molecule is COC(=O)CCC(O)CCSC. The number of aliphatic hydroxyl groups is 1. The van der Waals surface area contributed by atoms with E-state index >= 15 is 0 Å². The number of aliphatic hydroxyl groups excluding tert-OH is 1. The van der Waals surface area contributed by atoms with E-state index in [0.717, 1.165) is 12.2 Å². The van der Waals surface area contributed by atoms with Crippen LogP contribution in [-0.4, -0.2) is 36.3 Å². The van der Waals surface area contributed by atoms with Crippen LogP contribution >= 0.6 is 11.8 Å². The summed E-state index contributed by atoms with van der Waals surface area (Å²) >= 11 is 1.69. The maximum atomic E-state index is 10.7. The van der Waals surface area contributed by atoms with Crippen LogP contribution in [0.25, 0.3) is 0 Å². The van der Waals surface area contributed by atoms with E-state index in [2.05, 4.69) is 4.74 Å². The molecule has 0 rings (SSSR count). The molecule has 72 valence electrons. The molecule has 0 saturated carbocycles. The monoisotopic (exact) mass is 192 g/mol. The first-order valence-corrected chi connectivity index (χ1v) is 5.34. The summed E-state index contributed by atoms with van der Waals surface area (Å²) in [5, 5.41) is 9.30. The minimum absolute atomic E-state index is 0.252. The Balaban J connectivity index is 3.30. The minimum atomic E-state index is -0.364. The molecule has 0 bridgehead atoms. The molecule has 0 fully saturated rings. The number of hydrogen-bond acceptors (Lipinski definition) is 4. The Morgan fingerprint density at radius 2 is 2.25 bits per heavy atom. The van der Waals surface area contributed by atoms with E-state index in [4.69, 9.17) is 0 Å². The summed E-state index contributed by atoms with van der Waals surface area (Å²) in [6, 6.07) is 0. The molecular weight excluding hydrogens is 176 g/mol. The van der Waals surface area contributed by atoms with Gasteiger partial charge in [0.25, 0.3) is 0 Å². The first kappa shape index (κ1) is 11.8. The zero-order valence-corrected chi connectivity index (χ0v) is 8.39. The summed E-state index contributed by atoms with van der Waals surface area (Å²) in [4.78, 5) is 10.7. The smallest absolute Gasteiger partial charge is 0.305 e. The van der Waals surface area contributed by atoms with E-state index in [-0.39, 0.29) is 12.1 Å². The van der Waals surface area contributed by atoms with Crippen LogP contribution in [-0.2, 0) is 9.53 Å². The molecule has 0 aliphatic heterocycles. The van der Waals surface area contributed by atoms with Gasteiger partial charge in [0.1, 0.15) is 0 Å². The summed E-state index contributed by atoms with van der Waals surface area (Å²) in [6.07, 6.45) is 3.20. The number of rotatable bonds is 6. The maximum Gasteiger partial charge on any atom is 0.305 e. The highest BCUT2D eigenvalue weighted by Crippen LogP contribution is 2.06. The van der Waals surface area contributed by atoms with Crippen molar-refractivity contribution in [1.82, 2.24) is 0 Å². The number of ether oxygens (including phenoxy) is 1. The number of hydrogen-bond donors (Lipinski definition) is 1. The van der Waals surface area contributed by atoms with Crippen molar-refractivity contribution in [3.8, 4) is 0 Å². The van der Waals surface area contributed by atoms with Crippen molar-refractivity contribution in [2.24, 2.45) is 0 Å². The standard InChI is InChI=1S/C8H16O3S/c1-11-8(10)4-3-7(9)5-6-12-2/h7,9H,3-6H2,1-2H3. The number of thioether (sulfide) groups is 1. The van der Waals surface area contributed by atoms with Gasteiger partial charge in [0, 0.05) is 6.42 Å². The fourth-order valence-electron chi connectivity index (χ4n) is 0.785. The third kappa shape index (κ3) is 6.49. The van der Waals surface area contributed by atoms with Crippen molar-refractivity contribution in [1.29, 1.82) is 0 Å². The van der Waals surface area contributed by atoms with Gasteiger partial charge in [-0.2, -0.15) is 11.8 Å². The predicted molar refractivity (Wildman–Crippen MR) is 50.3 cm³/mol. The van der Waals surface area contributed by atoms with E-state index in [1.165, 1.54) is 7.11 Å². The van der Waals surface area contributed by atoms with Crippen LogP contribution in [0.1, 0.15) is 19.3 Å². The lowest BCUT2D eigenvalue weighted by molar-refractivity contribution is -0.141. The van der Waals surface area contributed by atoms with Crippen LogP contribution in [0.5, 0.6) is 0 Å². The van der Waals surface area contributed by atoms with Crippen molar-refractivity contribution in [2.75, 3.05) is 19.1 Å². The summed E-state index contributed by atoms with van der Waals surface area (Å²) in [5.41, 5.74) is 0. The largest absolute Gasteiger partial charge is 0.469 e. The molecule has 0 amide bonds. The topological polar surface area (TPSA) is 46.5 Å². The highest BCUT2D eigenvalue weighted by molar-refractivity contribution is 7.98. The molecule has 0 saturated heterocycles. The molecule has 0 aliphatic rings. The van der Waals surface area contributed by atoms with Crippen molar-refractivity contribution in [3.63, 3.8) is 0 Å². The molecule has 3 nitrogen and oxygen atoms in total. The zero-order chi connectivity index (χ0) is 9.40. The normalized spacial score (nSPS) is 12.6. The molecule has 1 N–H and O–H groups in total. The summed E-state index contributed by atoms with van der Waals surface area (Å²) in [6.45, 7) is 0. The van der Waals surface area contributed by atoms with E-state index in [1.807, 2.05) is 6.26 Å². The van der Waals surface area contributed by atoms with Gasteiger partial charge in [-0.1, -0.05) is 0 Å². The van der Waals surface area contributed by atoms with Crippen LogP contribution in [0.15, 0.2) is 0 Å². The van der Waals surface area contributed by atoms with E-state index in [9.17, 15) is 9.90 Å². The maximum absolute atomic E-state index is 10.7. The van der Waals surface area contributed by atoms with Gasteiger partial charge in [-0.15, -0.1) is 0 Å². The summed E-state index contributed by atoms with van der Waals surface area (Å²) < 4.78 is 4.45. The highest BCUT2D eigenvalue weighted by atomic mass is 32.2. The van der Waals surface area contributed by atoms with E-state index < -0.39 is 0 Å². The van der Waals surface area contributed by atoms with E-state index in [1.54, 1.807) is 11.8 Å². The average Bonchev–Trinajstić information content (AvgIpc) is 2.10. The molecule has 0 spiro atoms. The van der Waals surface area contributed by atoms with Gasteiger partial charge in [-0.05, 0) is 24.9 Å². The second-order valence-corrected chi connectivity index (χ2v) is 3.54. The third-order valence-corrected chi connectivity index (χ3v) is 2.21. The summed E-state index contributed by atoms with van der Waals surface area (Å²) in [5.74, 6) is 0.681. The van der Waals surface area contributed by atoms with Crippen LogP contribution in [0.4, 0.5) is 0 Å². The fraction of sp³-hybridized carbons (Fsp3) is 0.875. The molecular formula is C8H16O3S. The molecule has 1 atom stereocenters. The summed E-state index contributed by atoms with van der Waals surface area (Å²) in [7, 11) is 1.36. The Kier molecular flexibility index (Phi) is 7.29. The van der Waals surface area contributed by atoms with Crippen molar-refractivity contribution < 1.29 is 14.6 Å². The zero-order valence-electron chi connectivity index (χ0n) is 7.58. The van der Waals surface area contributed by atoms with Gasteiger partial charge in [-0.25, -0.2) is 0 Å². The highest BCUT2D eigenvalue weighted by Gasteiger charge is 2.07. The van der Waals surface area contributed by atoms with Gasteiger partial charge in [0.2, 0.25) is 0 Å². The van der Waals surface area contributed by atoms with Gasteiger partial charge in [0.15, 0.2) is 0 Å². The van der Waals surface area contributed by atoms with Gasteiger partial charge < -0.3 is 9.84 Å². The Morgan fingerprint density at radius 3 is 2.75 bits per heavy atom. The Morgan fingerprint density at radius 1 is 1.58 bits per heavy atom. The Hall–Kier alpha value is -0.220. The van der Waals surface area contributed by atoms with Crippen molar-refractivity contribution in [3.05, 3.63) is 0 Å². The molecule has 0 aliphatic carbocycles. The fourth-order valence-corrected chi connectivity index (χ4v) is 1.29. The number of methoxy groups -OCH3 is 1. The van der Waals surface area contributed by atoms with E-state index in [0.29, 0.717) is 12.8 Å². The lowest BCUT2D eigenvalue weighted by Gasteiger charge is -2.07. The van der Waals surface area contributed by atoms with Gasteiger partial charge in [0.05, 0.1) is 13.2 Å². The molecule has 4 heteroatoms. The first-order valence-electron chi connectivity index (χ1n) is 3.94. The molecule has 0 aromatic carbocycles. The van der Waals surface area contributed by atoms with Crippen molar-refractivity contribution >= 4 is 17.7 Å². The number of esters is 1. The lowest BCUT2D eigenvalue weighted by atomic mass is 10.1. The Labute approximate surface area is 77.5 Å². The molecule has 0 aromatic heterocycles. The molecule has 12 heavy (non-hydrogen) atoms. The van der Waals surface area contributed by atoms with Crippen LogP contribution < -0.4 is 0 Å². The van der Waals surface area contributed by atoms with Gasteiger partial charge in [-0.3, -0.25) is 4.79 Å². The van der Waals surface area contributed by atoms with Crippen molar-refractivity contribution in [2.45, 2.75) is 25.4 Å². The van der Waals surface area contributed by atoms with Gasteiger partial charge >= 0.3 is 5.97 Å². The molecule has 1 unspecified atom stereocenters. The van der Waals surface area contributed by atoms with Crippen LogP contribution in [0.2, 0.25) is 0 Å². The number of carbonyl (C=O) groups is 1. The molecule has 0 radical (unpaired) electrons. The third-order valence-electron chi connectivity index (χ3n) is 1.56. The lowest BCUT2D eigenvalue weighted by Crippen LogP contribution is -2.11. The average molecular weight is 192 g/mol. The number of carbonyl (C=O) groups excluding carboxylic acids is 1. The van der Waals surface area contributed by atoms with Crippen LogP contribution in [0, 0.1) is 0 Å². The minimum Gasteiger partial charge on any atom is -0.469 e. The predicted octanol–water partition coefficient (Wildman–Crippen LogP) is 1.05. The molecule has 0 aromatic rings.